The summed E-state index contributed by atoms with van der Waals surface area (Å²) in [5, 5.41) is 10.5. The molecule has 1 aliphatic heterocycles. The lowest BCUT2D eigenvalue weighted by Crippen LogP contribution is -2.37. The fourth-order valence-electron chi connectivity index (χ4n) is 4.57. The summed E-state index contributed by atoms with van der Waals surface area (Å²) in [7, 11) is 2.10. The molecule has 8 nitrogen and oxygen atoms in total. The van der Waals surface area contributed by atoms with Gasteiger partial charge in [0.1, 0.15) is 17.3 Å². The Morgan fingerprint density at radius 1 is 1.03 bits per heavy atom. The summed E-state index contributed by atoms with van der Waals surface area (Å²) in [6.07, 6.45) is 3.53. The first kappa shape index (κ1) is 26.5. The number of amides is 2. The van der Waals surface area contributed by atoms with Crippen LogP contribution in [0.4, 0.5) is 10.2 Å². The van der Waals surface area contributed by atoms with E-state index in [1.54, 1.807) is 6.07 Å². The van der Waals surface area contributed by atoms with E-state index in [4.69, 9.17) is 11.6 Å². The van der Waals surface area contributed by atoms with Crippen molar-refractivity contribution >= 4 is 29.2 Å². The van der Waals surface area contributed by atoms with Gasteiger partial charge >= 0.3 is 0 Å². The van der Waals surface area contributed by atoms with E-state index in [0.29, 0.717) is 29.5 Å². The largest absolute Gasteiger partial charge is 0.350 e. The van der Waals surface area contributed by atoms with Crippen molar-refractivity contribution in [2.45, 2.75) is 12.8 Å². The number of piperidine rings is 1. The Morgan fingerprint density at radius 2 is 1.79 bits per heavy atom. The number of anilines is 1. The molecule has 2 aromatic heterocycles. The molecule has 2 N–H and O–H groups in total. The van der Waals surface area contributed by atoms with Crippen LogP contribution in [0.5, 0.6) is 0 Å². The van der Waals surface area contributed by atoms with Crippen molar-refractivity contribution in [3.63, 3.8) is 0 Å². The number of rotatable bonds is 7. The van der Waals surface area contributed by atoms with E-state index < -0.39 is 11.7 Å². The van der Waals surface area contributed by atoms with Gasteiger partial charge in [0.15, 0.2) is 5.69 Å². The predicted molar refractivity (Wildman–Crippen MR) is 149 cm³/mol. The first-order chi connectivity index (χ1) is 18.9. The summed E-state index contributed by atoms with van der Waals surface area (Å²) in [6.45, 7) is 2.59. The lowest BCUT2D eigenvalue weighted by Gasteiger charge is -2.28. The molecule has 0 aliphatic carbocycles. The normalized spacial score (nSPS) is 14.2. The summed E-state index contributed by atoms with van der Waals surface area (Å²) in [6, 6.07) is 18.1. The molecule has 0 unspecified atom stereocenters. The number of para-hydroxylation sites is 1. The van der Waals surface area contributed by atoms with E-state index in [0.717, 1.165) is 25.9 Å². The number of halogens is 2. The van der Waals surface area contributed by atoms with Crippen LogP contribution in [0.1, 0.15) is 33.7 Å². The van der Waals surface area contributed by atoms with Crippen molar-refractivity contribution in [2.24, 2.45) is 5.92 Å². The van der Waals surface area contributed by atoms with E-state index in [1.807, 2.05) is 30.3 Å². The highest BCUT2D eigenvalue weighted by atomic mass is 35.5. The fourth-order valence-corrected chi connectivity index (χ4v) is 4.77. The second-order valence-electron chi connectivity index (χ2n) is 9.60. The maximum atomic E-state index is 14.3. The first-order valence-electron chi connectivity index (χ1n) is 12.7. The monoisotopic (exact) mass is 546 g/mol. The summed E-state index contributed by atoms with van der Waals surface area (Å²) in [5.41, 5.74) is 1.50. The number of likely N-dealkylation sites (tertiary alicyclic amines) is 1. The van der Waals surface area contributed by atoms with Crippen LogP contribution in [-0.4, -0.2) is 58.2 Å². The van der Waals surface area contributed by atoms with Crippen molar-refractivity contribution in [3.8, 4) is 16.9 Å². The second-order valence-corrected chi connectivity index (χ2v) is 10.0. The SMILES string of the molecule is CN1CCC(CNC(=O)c2cc(NC(=O)c3cc(-c4ncccc4F)ccc3Cl)n(-c3ccccc3)n2)CC1. The highest BCUT2D eigenvalue weighted by Gasteiger charge is 2.22. The zero-order valence-corrected chi connectivity index (χ0v) is 22.2. The minimum Gasteiger partial charge on any atom is -0.350 e. The van der Waals surface area contributed by atoms with Gasteiger partial charge < -0.3 is 15.5 Å². The van der Waals surface area contributed by atoms with Crippen LogP contribution in [0.2, 0.25) is 5.02 Å². The molecular weight excluding hydrogens is 519 g/mol. The second kappa shape index (κ2) is 11.8. The number of carbonyl (C=O) groups is 2. The van der Waals surface area contributed by atoms with Gasteiger partial charge in [-0.05, 0) is 75.3 Å². The first-order valence-corrected chi connectivity index (χ1v) is 13.1. The highest BCUT2D eigenvalue weighted by molar-refractivity contribution is 6.34. The summed E-state index contributed by atoms with van der Waals surface area (Å²) < 4.78 is 15.8. The summed E-state index contributed by atoms with van der Waals surface area (Å²) in [5.74, 6) is -0.650. The zero-order valence-electron chi connectivity index (χ0n) is 21.4. The minimum absolute atomic E-state index is 0.112. The number of hydrogen-bond donors (Lipinski definition) is 2. The Morgan fingerprint density at radius 3 is 2.54 bits per heavy atom. The number of nitrogens with zero attached hydrogens (tertiary/aromatic N) is 4. The molecule has 1 aliphatic rings. The fraction of sp³-hybridized carbons (Fsp3) is 0.241. The lowest BCUT2D eigenvalue weighted by molar-refractivity contribution is 0.0933. The summed E-state index contributed by atoms with van der Waals surface area (Å²) in [4.78, 5) is 32.8. The van der Waals surface area contributed by atoms with Crippen LogP contribution in [0.25, 0.3) is 16.9 Å². The Balaban J connectivity index is 1.39. The topological polar surface area (TPSA) is 92.2 Å². The van der Waals surface area contributed by atoms with Crippen molar-refractivity contribution in [1.29, 1.82) is 0 Å². The van der Waals surface area contributed by atoms with Crippen molar-refractivity contribution in [2.75, 3.05) is 32.0 Å². The van der Waals surface area contributed by atoms with Crippen LogP contribution in [0, 0.1) is 11.7 Å². The molecule has 39 heavy (non-hydrogen) atoms. The van der Waals surface area contributed by atoms with Gasteiger partial charge in [-0.3, -0.25) is 14.6 Å². The lowest BCUT2D eigenvalue weighted by atomic mass is 9.97. The van der Waals surface area contributed by atoms with Gasteiger partial charge in [-0.25, -0.2) is 9.07 Å². The van der Waals surface area contributed by atoms with Gasteiger partial charge in [0.05, 0.1) is 16.3 Å². The molecule has 0 atom stereocenters. The molecule has 3 heterocycles. The van der Waals surface area contributed by atoms with Gasteiger partial charge in [0.2, 0.25) is 0 Å². The average Bonchev–Trinajstić information content (AvgIpc) is 3.37. The quantitative estimate of drug-likeness (QED) is 0.338. The zero-order chi connectivity index (χ0) is 27.4. The van der Waals surface area contributed by atoms with E-state index in [1.165, 1.54) is 41.2 Å². The van der Waals surface area contributed by atoms with Gasteiger partial charge in [-0.1, -0.05) is 35.9 Å². The molecule has 1 saturated heterocycles. The number of hydrogen-bond acceptors (Lipinski definition) is 5. The van der Waals surface area contributed by atoms with Gasteiger partial charge in [-0.2, -0.15) is 5.10 Å². The van der Waals surface area contributed by atoms with Crippen LogP contribution < -0.4 is 10.6 Å². The molecule has 0 saturated carbocycles. The maximum Gasteiger partial charge on any atom is 0.271 e. The van der Waals surface area contributed by atoms with Gasteiger partial charge in [-0.15, -0.1) is 0 Å². The third-order valence-corrected chi connectivity index (χ3v) is 7.15. The molecule has 1 fully saturated rings. The third-order valence-electron chi connectivity index (χ3n) is 6.82. The molecular formula is C29H28ClFN6O2. The molecule has 10 heteroatoms. The van der Waals surface area contributed by atoms with E-state index >= 15 is 0 Å². The van der Waals surface area contributed by atoms with E-state index in [-0.39, 0.29) is 27.9 Å². The van der Waals surface area contributed by atoms with Gasteiger partial charge in [0, 0.05) is 24.4 Å². The molecule has 0 radical (unpaired) electrons. The molecule has 0 bridgehead atoms. The van der Waals surface area contributed by atoms with Gasteiger partial charge in [0.25, 0.3) is 11.8 Å². The number of aromatic nitrogens is 3. The molecule has 5 rings (SSSR count). The Bertz CT molecular complexity index is 1480. The molecule has 2 aromatic carbocycles. The molecule has 2 amide bonds. The Kier molecular flexibility index (Phi) is 7.99. The number of nitrogens with one attached hydrogen (secondary N) is 2. The Hall–Kier alpha value is -4.08. The molecule has 0 spiro atoms. The van der Waals surface area contributed by atoms with Crippen LogP contribution >= 0.6 is 11.6 Å². The molecule has 4 aromatic rings. The third kappa shape index (κ3) is 6.16. The smallest absolute Gasteiger partial charge is 0.271 e. The number of benzene rings is 2. The highest BCUT2D eigenvalue weighted by Crippen LogP contribution is 2.27. The Labute approximate surface area is 230 Å². The van der Waals surface area contributed by atoms with E-state index in [2.05, 4.69) is 32.7 Å². The standard InChI is InChI=1S/C29H28ClFN6O2/c1-36-14-11-19(12-15-36)18-33-29(39)25-17-26(37(35-25)21-6-3-2-4-7-21)34-28(38)22-16-20(9-10-23(22)30)27-24(31)8-5-13-32-27/h2-10,13,16-17,19H,11-12,14-15,18H2,1H3,(H,33,39)(H,34,38). The molecule has 200 valence electrons. The number of carbonyl (C=O) groups excluding carboxylic acids is 2. The van der Waals surface area contributed by atoms with Crippen LogP contribution in [0.15, 0.2) is 72.9 Å². The van der Waals surface area contributed by atoms with Crippen molar-refractivity contribution in [3.05, 3.63) is 95.0 Å². The van der Waals surface area contributed by atoms with Crippen LogP contribution in [0.3, 0.4) is 0 Å². The minimum atomic E-state index is -0.534. The van der Waals surface area contributed by atoms with Crippen molar-refractivity contribution < 1.29 is 14.0 Å². The predicted octanol–water partition coefficient (Wildman–Crippen LogP) is 5.05. The maximum absolute atomic E-state index is 14.3. The van der Waals surface area contributed by atoms with Crippen molar-refractivity contribution in [1.82, 2.24) is 25.0 Å². The summed E-state index contributed by atoms with van der Waals surface area (Å²) >= 11 is 6.36. The van der Waals surface area contributed by atoms with E-state index in [9.17, 15) is 14.0 Å². The van der Waals surface area contributed by atoms with Crippen LogP contribution in [-0.2, 0) is 0 Å². The number of pyridine rings is 1. The average molecular weight is 547 g/mol.